The van der Waals surface area contributed by atoms with Gasteiger partial charge in [0.25, 0.3) is 0 Å². The molecule has 0 fully saturated rings. The third kappa shape index (κ3) is 8.00. The molecule has 0 N–H and O–H groups in total. The summed E-state index contributed by atoms with van der Waals surface area (Å²) in [6, 6.07) is 0. The van der Waals surface area contributed by atoms with Crippen LogP contribution in [0, 0.1) is 23.7 Å². The highest BCUT2D eigenvalue weighted by Gasteiger charge is 2.23. The molecule has 0 aromatic rings. The Morgan fingerprint density at radius 3 is 1.74 bits per heavy atom. The quantitative estimate of drug-likeness (QED) is 0.354. The minimum Gasteiger partial charge on any atom is -0.0654 e. The first-order valence-corrected chi connectivity index (χ1v) is 9.10. The molecule has 2 unspecified atom stereocenters. The minimum absolute atomic E-state index is 0.864. The van der Waals surface area contributed by atoms with Gasteiger partial charge in [-0.15, -0.1) is 0 Å². The lowest BCUT2D eigenvalue weighted by Gasteiger charge is -2.31. The number of hydrogen-bond donors (Lipinski definition) is 0. The Bertz CT molecular complexity index is 178. The monoisotopic (exact) mass is 268 g/mol. The average molecular weight is 269 g/mol. The lowest BCUT2D eigenvalue weighted by atomic mass is 9.74. The van der Waals surface area contributed by atoms with Crippen molar-refractivity contribution in [2.24, 2.45) is 23.7 Å². The van der Waals surface area contributed by atoms with E-state index in [-0.39, 0.29) is 0 Å². The summed E-state index contributed by atoms with van der Waals surface area (Å²) in [6.45, 7) is 14.3. The SMILES string of the molecule is CCCCC(CCC(CC)CC)C(CCC)C(C)C. The summed E-state index contributed by atoms with van der Waals surface area (Å²) in [4.78, 5) is 0. The highest BCUT2D eigenvalue weighted by molar-refractivity contribution is 4.74. The lowest BCUT2D eigenvalue weighted by Crippen LogP contribution is -2.21. The van der Waals surface area contributed by atoms with E-state index in [1.807, 2.05) is 0 Å². The molecule has 116 valence electrons. The maximum absolute atomic E-state index is 2.44. The summed E-state index contributed by atoms with van der Waals surface area (Å²) in [5.74, 6) is 3.79. The van der Waals surface area contributed by atoms with Gasteiger partial charge in [-0.3, -0.25) is 0 Å². The number of rotatable bonds is 12. The maximum atomic E-state index is 2.44. The van der Waals surface area contributed by atoms with E-state index in [1.54, 1.807) is 0 Å². The van der Waals surface area contributed by atoms with Crippen molar-refractivity contribution in [1.82, 2.24) is 0 Å². The molecule has 0 aliphatic heterocycles. The molecule has 0 aliphatic rings. The van der Waals surface area contributed by atoms with Crippen LogP contribution in [0.3, 0.4) is 0 Å². The van der Waals surface area contributed by atoms with E-state index in [0.717, 1.165) is 23.7 Å². The van der Waals surface area contributed by atoms with Gasteiger partial charge < -0.3 is 0 Å². The zero-order chi connectivity index (χ0) is 14.7. The standard InChI is InChI=1S/C19H40/c1-7-11-13-18(15-14-17(9-3)10-4)19(12-8-2)16(5)6/h16-19H,7-15H2,1-6H3. The van der Waals surface area contributed by atoms with Crippen molar-refractivity contribution in [2.45, 2.75) is 99.3 Å². The van der Waals surface area contributed by atoms with E-state index in [4.69, 9.17) is 0 Å². The molecule has 0 spiro atoms. The van der Waals surface area contributed by atoms with Crippen LogP contribution >= 0.6 is 0 Å². The molecule has 0 rings (SSSR count). The second kappa shape index (κ2) is 11.8. The van der Waals surface area contributed by atoms with Crippen LogP contribution in [0.4, 0.5) is 0 Å². The zero-order valence-electron chi connectivity index (χ0n) is 14.7. The summed E-state index contributed by atoms with van der Waals surface area (Å²) in [6.07, 6.45) is 12.8. The molecule has 0 amide bonds. The molecule has 2 atom stereocenters. The van der Waals surface area contributed by atoms with Crippen molar-refractivity contribution in [1.29, 1.82) is 0 Å². The third-order valence-corrected chi connectivity index (χ3v) is 5.11. The Hall–Kier alpha value is 0. The van der Waals surface area contributed by atoms with Gasteiger partial charge in [-0.25, -0.2) is 0 Å². The smallest absolute Gasteiger partial charge is 0.0363 e. The van der Waals surface area contributed by atoms with Gasteiger partial charge in [0.2, 0.25) is 0 Å². The fourth-order valence-electron chi connectivity index (χ4n) is 3.63. The summed E-state index contributed by atoms with van der Waals surface area (Å²) < 4.78 is 0. The topological polar surface area (TPSA) is 0 Å². The first-order chi connectivity index (χ1) is 9.10. The van der Waals surface area contributed by atoms with E-state index in [0.29, 0.717) is 0 Å². The maximum Gasteiger partial charge on any atom is -0.0363 e. The molecule has 0 radical (unpaired) electrons. The van der Waals surface area contributed by atoms with Crippen molar-refractivity contribution >= 4 is 0 Å². The summed E-state index contributed by atoms with van der Waals surface area (Å²) >= 11 is 0. The average Bonchev–Trinajstić information content (AvgIpc) is 2.40. The van der Waals surface area contributed by atoms with Crippen molar-refractivity contribution in [3.63, 3.8) is 0 Å². The first-order valence-electron chi connectivity index (χ1n) is 9.10. The molecule has 0 saturated heterocycles. The van der Waals surface area contributed by atoms with E-state index in [2.05, 4.69) is 41.5 Å². The van der Waals surface area contributed by atoms with Crippen molar-refractivity contribution in [3.05, 3.63) is 0 Å². The van der Waals surface area contributed by atoms with Crippen LogP contribution in [0.15, 0.2) is 0 Å². The van der Waals surface area contributed by atoms with Crippen LogP contribution in [0.2, 0.25) is 0 Å². The van der Waals surface area contributed by atoms with Crippen molar-refractivity contribution in [3.8, 4) is 0 Å². The van der Waals surface area contributed by atoms with E-state index in [1.165, 1.54) is 57.8 Å². The Kier molecular flexibility index (Phi) is 11.8. The second-order valence-electron chi connectivity index (χ2n) is 6.86. The first kappa shape index (κ1) is 19.0. The Morgan fingerprint density at radius 1 is 0.684 bits per heavy atom. The summed E-state index contributed by atoms with van der Waals surface area (Å²) in [5, 5.41) is 0. The molecule has 0 heteroatoms. The van der Waals surface area contributed by atoms with Crippen LogP contribution in [-0.2, 0) is 0 Å². The highest BCUT2D eigenvalue weighted by Crippen LogP contribution is 2.34. The fraction of sp³-hybridized carbons (Fsp3) is 1.00. The van der Waals surface area contributed by atoms with E-state index >= 15 is 0 Å². The van der Waals surface area contributed by atoms with Gasteiger partial charge >= 0.3 is 0 Å². The molecule has 0 bridgehead atoms. The van der Waals surface area contributed by atoms with Gasteiger partial charge in [-0.1, -0.05) is 92.9 Å². The Labute approximate surface area is 123 Å². The molecule has 0 heterocycles. The van der Waals surface area contributed by atoms with Crippen LogP contribution in [0.1, 0.15) is 99.3 Å². The van der Waals surface area contributed by atoms with Gasteiger partial charge in [0.1, 0.15) is 0 Å². The number of hydrogen-bond acceptors (Lipinski definition) is 0. The largest absolute Gasteiger partial charge is 0.0654 e. The van der Waals surface area contributed by atoms with E-state index < -0.39 is 0 Å². The van der Waals surface area contributed by atoms with Crippen molar-refractivity contribution in [2.75, 3.05) is 0 Å². The number of unbranched alkanes of at least 4 members (excludes halogenated alkanes) is 1. The van der Waals surface area contributed by atoms with Crippen LogP contribution < -0.4 is 0 Å². The molecule has 19 heavy (non-hydrogen) atoms. The van der Waals surface area contributed by atoms with Crippen LogP contribution in [0.5, 0.6) is 0 Å². The molecular formula is C19H40. The molecular weight excluding hydrogens is 228 g/mol. The predicted molar refractivity (Wildman–Crippen MR) is 89.6 cm³/mol. The Morgan fingerprint density at radius 2 is 1.32 bits per heavy atom. The van der Waals surface area contributed by atoms with Crippen LogP contribution in [0.25, 0.3) is 0 Å². The molecule has 0 saturated carbocycles. The Balaban J connectivity index is 4.48. The summed E-state index contributed by atoms with van der Waals surface area (Å²) in [7, 11) is 0. The third-order valence-electron chi connectivity index (χ3n) is 5.11. The van der Waals surface area contributed by atoms with Gasteiger partial charge in [-0.05, 0) is 30.1 Å². The molecule has 0 aliphatic carbocycles. The molecule has 0 aromatic heterocycles. The van der Waals surface area contributed by atoms with Gasteiger partial charge in [0.05, 0.1) is 0 Å². The summed E-state index contributed by atoms with van der Waals surface area (Å²) in [5.41, 5.74) is 0. The predicted octanol–water partition coefficient (Wildman–Crippen LogP) is 7.08. The van der Waals surface area contributed by atoms with Crippen molar-refractivity contribution < 1.29 is 0 Å². The van der Waals surface area contributed by atoms with Gasteiger partial charge in [0, 0.05) is 0 Å². The second-order valence-corrected chi connectivity index (χ2v) is 6.86. The van der Waals surface area contributed by atoms with Crippen LogP contribution in [-0.4, -0.2) is 0 Å². The lowest BCUT2D eigenvalue weighted by molar-refractivity contribution is 0.194. The molecule has 0 aromatic carbocycles. The highest BCUT2D eigenvalue weighted by atomic mass is 14.3. The zero-order valence-corrected chi connectivity index (χ0v) is 14.7. The fourth-order valence-corrected chi connectivity index (χ4v) is 3.63. The van der Waals surface area contributed by atoms with E-state index in [9.17, 15) is 0 Å². The normalized spacial score (nSPS) is 15.2. The van der Waals surface area contributed by atoms with Gasteiger partial charge in [-0.2, -0.15) is 0 Å². The van der Waals surface area contributed by atoms with Gasteiger partial charge in [0.15, 0.2) is 0 Å². The molecule has 0 nitrogen and oxygen atoms in total. The minimum atomic E-state index is 0.864.